The summed E-state index contributed by atoms with van der Waals surface area (Å²) in [7, 11) is 0. The minimum Gasteiger partial charge on any atom is -0.314 e. The molecule has 2 rings (SSSR count). The molecule has 14 heavy (non-hydrogen) atoms. The van der Waals surface area contributed by atoms with Gasteiger partial charge in [-0.3, -0.25) is 9.69 Å². The van der Waals surface area contributed by atoms with E-state index in [1.165, 1.54) is 0 Å². The lowest BCUT2D eigenvalue weighted by molar-refractivity contribution is -0.122. The fourth-order valence-corrected chi connectivity index (χ4v) is 1.85. The van der Waals surface area contributed by atoms with Gasteiger partial charge in [0.2, 0.25) is 0 Å². The van der Waals surface area contributed by atoms with Crippen LogP contribution < -0.4 is 5.32 Å². The number of piperazine rings is 1. The van der Waals surface area contributed by atoms with E-state index in [0.29, 0.717) is 24.3 Å². The Morgan fingerprint density at radius 3 is 2.79 bits per heavy atom. The minimum atomic E-state index is 0. The van der Waals surface area contributed by atoms with Gasteiger partial charge in [0.25, 0.3) is 0 Å². The molecular formula is C10H19ClN2O. The Balaban J connectivity index is 0.000000980. The molecule has 1 atom stereocenters. The number of halogens is 1. The molecule has 82 valence electrons. The molecule has 1 heterocycles. The summed E-state index contributed by atoms with van der Waals surface area (Å²) in [6.07, 6.45) is 2.28. The minimum absolute atomic E-state index is 0. The van der Waals surface area contributed by atoms with Gasteiger partial charge in [-0.1, -0.05) is 0 Å². The van der Waals surface area contributed by atoms with Gasteiger partial charge in [-0.05, 0) is 19.8 Å². The van der Waals surface area contributed by atoms with Gasteiger partial charge < -0.3 is 5.32 Å². The third kappa shape index (κ3) is 2.94. The number of carbonyl (C=O) groups is 1. The Morgan fingerprint density at radius 1 is 1.50 bits per heavy atom. The summed E-state index contributed by atoms with van der Waals surface area (Å²) in [6.45, 7) is 5.96. The van der Waals surface area contributed by atoms with E-state index < -0.39 is 0 Å². The van der Waals surface area contributed by atoms with Crippen LogP contribution in [0.2, 0.25) is 0 Å². The maximum absolute atomic E-state index is 11.6. The van der Waals surface area contributed by atoms with Crippen molar-refractivity contribution in [3.8, 4) is 0 Å². The molecule has 2 fully saturated rings. The normalized spacial score (nSPS) is 28.2. The highest BCUT2D eigenvalue weighted by atomic mass is 35.5. The van der Waals surface area contributed by atoms with Crippen molar-refractivity contribution in [1.29, 1.82) is 0 Å². The lowest BCUT2D eigenvalue weighted by Gasteiger charge is -2.33. The Bertz CT molecular complexity index is 206. The number of carbonyl (C=O) groups excluding carboxylic acids is 1. The molecule has 1 N–H and O–H groups in total. The quantitative estimate of drug-likeness (QED) is 0.757. The van der Waals surface area contributed by atoms with Gasteiger partial charge in [-0.15, -0.1) is 12.4 Å². The highest BCUT2D eigenvalue weighted by molar-refractivity contribution is 5.85. The molecule has 0 radical (unpaired) electrons. The monoisotopic (exact) mass is 218 g/mol. The van der Waals surface area contributed by atoms with Gasteiger partial charge in [0.05, 0.1) is 6.54 Å². The Labute approximate surface area is 91.6 Å². The summed E-state index contributed by atoms with van der Waals surface area (Å²) in [5, 5.41) is 3.33. The standard InChI is InChI=1S/C10H18N2O.ClH/c1-8-6-11-4-5-12(8)7-10(13)9-2-3-9;/h8-9,11H,2-7H2,1H3;1H/t8-;/m1./s1. The van der Waals surface area contributed by atoms with Crippen molar-refractivity contribution < 1.29 is 4.79 Å². The zero-order valence-corrected chi connectivity index (χ0v) is 9.48. The predicted molar refractivity (Wildman–Crippen MR) is 58.9 cm³/mol. The van der Waals surface area contributed by atoms with Crippen molar-refractivity contribution in [1.82, 2.24) is 10.2 Å². The van der Waals surface area contributed by atoms with Crippen LogP contribution in [0.1, 0.15) is 19.8 Å². The number of Topliss-reactive ketones (excluding diaryl/α,β-unsaturated/α-hetero) is 1. The molecule has 2 aliphatic rings. The molecule has 1 saturated carbocycles. The first-order chi connectivity index (χ1) is 6.27. The predicted octanol–water partition coefficient (Wildman–Crippen LogP) is 0.681. The van der Waals surface area contributed by atoms with Gasteiger partial charge in [0.1, 0.15) is 5.78 Å². The second kappa shape index (κ2) is 5.10. The fourth-order valence-electron chi connectivity index (χ4n) is 1.85. The fraction of sp³-hybridized carbons (Fsp3) is 0.900. The smallest absolute Gasteiger partial charge is 0.149 e. The van der Waals surface area contributed by atoms with E-state index in [9.17, 15) is 4.79 Å². The van der Waals surface area contributed by atoms with E-state index in [2.05, 4.69) is 17.1 Å². The number of nitrogens with zero attached hydrogens (tertiary/aromatic N) is 1. The molecule has 0 unspecified atom stereocenters. The average molecular weight is 219 g/mol. The van der Waals surface area contributed by atoms with Crippen molar-refractivity contribution in [3.63, 3.8) is 0 Å². The molecule has 0 amide bonds. The summed E-state index contributed by atoms with van der Waals surface area (Å²) in [5.41, 5.74) is 0. The molecule has 1 aliphatic heterocycles. The number of hydrogen-bond donors (Lipinski definition) is 1. The molecule has 0 spiro atoms. The van der Waals surface area contributed by atoms with Gasteiger partial charge in [0.15, 0.2) is 0 Å². The van der Waals surface area contributed by atoms with Gasteiger partial charge >= 0.3 is 0 Å². The second-order valence-electron chi connectivity index (χ2n) is 4.26. The zero-order chi connectivity index (χ0) is 9.26. The summed E-state index contributed by atoms with van der Waals surface area (Å²) >= 11 is 0. The molecule has 1 saturated heterocycles. The summed E-state index contributed by atoms with van der Waals surface area (Å²) in [4.78, 5) is 13.9. The Hall–Kier alpha value is -0.120. The van der Waals surface area contributed by atoms with Crippen LogP contribution in [0.15, 0.2) is 0 Å². The van der Waals surface area contributed by atoms with E-state index in [4.69, 9.17) is 0 Å². The molecule has 3 nitrogen and oxygen atoms in total. The molecule has 0 aromatic heterocycles. The van der Waals surface area contributed by atoms with Crippen molar-refractivity contribution in [2.75, 3.05) is 26.2 Å². The van der Waals surface area contributed by atoms with Gasteiger partial charge in [-0.25, -0.2) is 0 Å². The Morgan fingerprint density at radius 2 is 2.21 bits per heavy atom. The first kappa shape index (κ1) is 12.0. The van der Waals surface area contributed by atoms with Crippen LogP contribution in [-0.4, -0.2) is 42.9 Å². The molecule has 1 aliphatic carbocycles. The number of ketones is 1. The van der Waals surface area contributed by atoms with Crippen LogP contribution in [0.4, 0.5) is 0 Å². The van der Waals surface area contributed by atoms with E-state index in [1.54, 1.807) is 0 Å². The second-order valence-corrected chi connectivity index (χ2v) is 4.26. The van der Waals surface area contributed by atoms with E-state index in [-0.39, 0.29) is 12.4 Å². The highest BCUT2D eigenvalue weighted by Crippen LogP contribution is 2.30. The van der Waals surface area contributed by atoms with Crippen molar-refractivity contribution in [2.45, 2.75) is 25.8 Å². The van der Waals surface area contributed by atoms with Crippen LogP contribution in [0, 0.1) is 5.92 Å². The van der Waals surface area contributed by atoms with Crippen LogP contribution in [0.25, 0.3) is 0 Å². The molecule has 0 bridgehead atoms. The lowest BCUT2D eigenvalue weighted by Crippen LogP contribution is -2.51. The van der Waals surface area contributed by atoms with Gasteiger partial charge in [0, 0.05) is 31.6 Å². The highest BCUT2D eigenvalue weighted by Gasteiger charge is 2.31. The summed E-state index contributed by atoms with van der Waals surface area (Å²) < 4.78 is 0. The largest absolute Gasteiger partial charge is 0.314 e. The van der Waals surface area contributed by atoms with Crippen LogP contribution in [0.5, 0.6) is 0 Å². The first-order valence-electron chi connectivity index (χ1n) is 5.25. The van der Waals surface area contributed by atoms with E-state index in [0.717, 1.165) is 32.5 Å². The maximum Gasteiger partial charge on any atom is 0.149 e. The van der Waals surface area contributed by atoms with Crippen LogP contribution in [0.3, 0.4) is 0 Å². The number of hydrogen-bond acceptors (Lipinski definition) is 3. The van der Waals surface area contributed by atoms with E-state index >= 15 is 0 Å². The first-order valence-corrected chi connectivity index (χ1v) is 5.25. The maximum atomic E-state index is 11.6. The SMILES string of the molecule is C[C@@H]1CNCCN1CC(=O)C1CC1.Cl. The van der Waals surface area contributed by atoms with E-state index in [1.807, 2.05) is 0 Å². The zero-order valence-electron chi connectivity index (χ0n) is 8.66. The molecule has 0 aromatic carbocycles. The summed E-state index contributed by atoms with van der Waals surface area (Å²) in [5.74, 6) is 0.885. The van der Waals surface area contributed by atoms with Gasteiger partial charge in [-0.2, -0.15) is 0 Å². The summed E-state index contributed by atoms with van der Waals surface area (Å²) in [6, 6.07) is 0.524. The molecule has 4 heteroatoms. The Kier molecular flexibility index (Phi) is 4.35. The number of nitrogens with one attached hydrogen (secondary N) is 1. The van der Waals surface area contributed by atoms with Crippen molar-refractivity contribution in [3.05, 3.63) is 0 Å². The third-order valence-corrected chi connectivity index (χ3v) is 3.03. The number of rotatable bonds is 3. The van der Waals surface area contributed by atoms with Crippen molar-refractivity contribution in [2.24, 2.45) is 5.92 Å². The van der Waals surface area contributed by atoms with Crippen LogP contribution >= 0.6 is 12.4 Å². The van der Waals surface area contributed by atoms with Crippen LogP contribution in [-0.2, 0) is 4.79 Å². The van der Waals surface area contributed by atoms with Crippen molar-refractivity contribution >= 4 is 18.2 Å². The third-order valence-electron chi connectivity index (χ3n) is 3.03. The lowest BCUT2D eigenvalue weighted by atomic mass is 10.2. The topological polar surface area (TPSA) is 32.3 Å². The average Bonchev–Trinajstić information content (AvgIpc) is 2.91. The molecule has 0 aromatic rings. The molecular weight excluding hydrogens is 200 g/mol.